The molecule has 3 aromatic rings. The minimum absolute atomic E-state index is 0.281. The molecular formula is C20H23N5O4. The van der Waals surface area contributed by atoms with Gasteiger partial charge in [-0.05, 0) is 37.1 Å². The van der Waals surface area contributed by atoms with Gasteiger partial charge in [-0.2, -0.15) is 5.21 Å². The zero-order valence-electron chi connectivity index (χ0n) is 16.5. The zero-order valence-corrected chi connectivity index (χ0v) is 16.5. The second-order valence-electron chi connectivity index (χ2n) is 6.12. The molecule has 152 valence electrons. The van der Waals surface area contributed by atoms with Gasteiger partial charge in [0.1, 0.15) is 23.2 Å². The van der Waals surface area contributed by atoms with Gasteiger partial charge in [-0.1, -0.05) is 23.4 Å². The SMILES string of the molecule is CCOc1ccccc1NC(=O)C(Cc1ccc(OC)cc1OC)c1nn[nH]n1. The Morgan fingerprint density at radius 2 is 1.97 bits per heavy atom. The Bertz CT molecular complexity index is 946. The highest BCUT2D eigenvalue weighted by Crippen LogP contribution is 2.30. The number of rotatable bonds is 9. The third-order valence-corrected chi connectivity index (χ3v) is 4.35. The van der Waals surface area contributed by atoms with E-state index in [2.05, 4.69) is 25.9 Å². The van der Waals surface area contributed by atoms with Gasteiger partial charge < -0.3 is 19.5 Å². The average Bonchev–Trinajstić information content (AvgIpc) is 3.28. The number of carbonyl (C=O) groups is 1. The lowest BCUT2D eigenvalue weighted by molar-refractivity contribution is -0.117. The minimum atomic E-state index is -0.689. The van der Waals surface area contributed by atoms with E-state index in [-0.39, 0.29) is 11.7 Å². The smallest absolute Gasteiger partial charge is 0.235 e. The van der Waals surface area contributed by atoms with E-state index in [1.54, 1.807) is 32.4 Å². The molecule has 0 fully saturated rings. The van der Waals surface area contributed by atoms with Gasteiger partial charge in [0.15, 0.2) is 5.82 Å². The number of nitrogens with one attached hydrogen (secondary N) is 2. The first-order valence-corrected chi connectivity index (χ1v) is 9.13. The third kappa shape index (κ3) is 4.81. The monoisotopic (exact) mass is 397 g/mol. The van der Waals surface area contributed by atoms with Crippen LogP contribution < -0.4 is 19.5 Å². The number of benzene rings is 2. The van der Waals surface area contributed by atoms with Gasteiger partial charge in [-0.15, -0.1) is 10.2 Å². The Hall–Kier alpha value is -3.62. The number of carbonyl (C=O) groups excluding carboxylic acids is 1. The van der Waals surface area contributed by atoms with Crippen molar-refractivity contribution in [1.82, 2.24) is 20.6 Å². The Morgan fingerprint density at radius 3 is 2.66 bits per heavy atom. The summed E-state index contributed by atoms with van der Waals surface area (Å²) in [5.41, 5.74) is 1.39. The number of hydrogen-bond acceptors (Lipinski definition) is 7. The molecule has 0 saturated carbocycles. The lowest BCUT2D eigenvalue weighted by Gasteiger charge is -2.17. The second-order valence-corrected chi connectivity index (χ2v) is 6.12. The molecule has 9 nitrogen and oxygen atoms in total. The fourth-order valence-electron chi connectivity index (χ4n) is 2.93. The van der Waals surface area contributed by atoms with E-state index < -0.39 is 5.92 Å². The standard InChI is InChI=1S/C20H23N5O4/c1-4-29-17-8-6-5-7-16(17)21-20(26)15(19-22-24-25-23-19)11-13-9-10-14(27-2)12-18(13)28-3/h5-10,12,15H,4,11H2,1-3H3,(H,21,26)(H,22,23,24,25). The molecule has 1 unspecified atom stereocenters. The number of methoxy groups -OCH3 is 2. The first kappa shape index (κ1) is 20.1. The van der Waals surface area contributed by atoms with Crippen molar-refractivity contribution >= 4 is 11.6 Å². The van der Waals surface area contributed by atoms with Crippen LogP contribution in [0.1, 0.15) is 24.2 Å². The second kappa shape index (κ2) is 9.54. The number of para-hydroxylation sites is 2. The normalized spacial score (nSPS) is 11.6. The predicted octanol–water partition coefficient (Wildman–Crippen LogP) is 2.58. The molecule has 2 aromatic carbocycles. The fourth-order valence-corrected chi connectivity index (χ4v) is 2.93. The highest BCUT2D eigenvalue weighted by molar-refractivity contribution is 5.96. The van der Waals surface area contributed by atoms with Crippen molar-refractivity contribution in [3.05, 3.63) is 53.9 Å². The molecule has 29 heavy (non-hydrogen) atoms. The van der Waals surface area contributed by atoms with Crippen molar-refractivity contribution in [2.45, 2.75) is 19.3 Å². The van der Waals surface area contributed by atoms with Crippen molar-refractivity contribution < 1.29 is 19.0 Å². The fraction of sp³-hybridized carbons (Fsp3) is 0.300. The van der Waals surface area contributed by atoms with Gasteiger partial charge in [0.25, 0.3) is 0 Å². The van der Waals surface area contributed by atoms with Gasteiger partial charge >= 0.3 is 0 Å². The number of H-pyrrole nitrogens is 1. The Labute approximate surface area is 168 Å². The molecule has 1 atom stereocenters. The molecule has 0 saturated heterocycles. The number of aromatic amines is 1. The van der Waals surface area contributed by atoms with Crippen LogP contribution in [0.2, 0.25) is 0 Å². The van der Waals surface area contributed by atoms with Crippen molar-refractivity contribution in [1.29, 1.82) is 0 Å². The van der Waals surface area contributed by atoms with Gasteiger partial charge in [0.05, 0.1) is 26.5 Å². The summed E-state index contributed by atoms with van der Waals surface area (Å²) in [6.45, 7) is 2.38. The molecule has 0 aliphatic carbocycles. The molecule has 1 amide bonds. The Morgan fingerprint density at radius 1 is 1.14 bits per heavy atom. The van der Waals surface area contributed by atoms with Gasteiger partial charge in [-0.25, -0.2) is 0 Å². The maximum absolute atomic E-state index is 13.1. The molecule has 1 heterocycles. The summed E-state index contributed by atoms with van der Waals surface area (Å²) in [7, 11) is 3.15. The number of anilines is 1. The van der Waals surface area contributed by atoms with Crippen molar-refractivity contribution in [3.63, 3.8) is 0 Å². The molecule has 0 spiro atoms. The summed E-state index contributed by atoms with van der Waals surface area (Å²) in [5, 5.41) is 17.0. The molecular weight excluding hydrogens is 374 g/mol. The maximum Gasteiger partial charge on any atom is 0.235 e. The first-order valence-electron chi connectivity index (χ1n) is 9.13. The summed E-state index contributed by atoms with van der Waals surface area (Å²) < 4.78 is 16.3. The number of nitrogens with zero attached hydrogens (tertiary/aromatic N) is 3. The van der Waals surface area contributed by atoms with Crippen LogP contribution in [-0.4, -0.2) is 47.4 Å². The number of hydrogen-bond donors (Lipinski definition) is 2. The Balaban J connectivity index is 1.88. The predicted molar refractivity (Wildman–Crippen MR) is 106 cm³/mol. The van der Waals surface area contributed by atoms with Crippen molar-refractivity contribution in [3.8, 4) is 17.2 Å². The molecule has 3 rings (SSSR count). The van der Waals surface area contributed by atoms with E-state index in [0.29, 0.717) is 36.0 Å². The van der Waals surface area contributed by atoms with Crippen LogP contribution >= 0.6 is 0 Å². The summed E-state index contributed by atoms with van der Waals surface area (Å²) in [6, 6.07) is 12.7. The topological polar surface area (TPSA) is 111 Å². The van der Waals surface area contributed by atoms with Crippen LogP contribution in [0.3, 0.4) is 0 Å². The largest absolute Gasteiger partial charge is 0.497 e. The molecule has 0 bridgehead atoms. The first-order chi connectivity index (χ1) is 14.2. The summed E-state index contributed by atoms with van der Waals surface area (Å²) in [6.07, 6.45) is 0.315. The highest BCUT2D eigenvalue weighted by Gasteiger charge is 2.27. The molecule has 0 radical (unpaired) electrons. The number of ether oxygens (including phenoxy) is 3. The van der Waals surface area contributed by atoms with Crippen LogP contribution in [0, 0.1) is 0 Å². The molecule has 1 aromatic heterocycles. The van der Waals surface area contributed by atoms with Crippen LogP contribution in [-0.2, 0) is 11.2 Å². The van der Waals surface area contributed by atoms with Gasteiger partial charge in [-0.3, -0.25) is 4.79 Å². The summed E-state index contributed by atoms with van der Waals surface area (Å²) in [5.74, 6) is 1.19. The lowest BCUT2D eigenvalue weighted by Crippen LogP contribution is -2.24. The van der Waals surface area contributed by atoms with Crippen LogP contribution in [0.25, 0.3) is 0 Å². The molecule has 0 aliphatic heterocycles. The lowest BCUT2D eigenvalue weighted by atomic mass is 9.96. The maximum atomic E-state index is 13.1. The van der Waals surface area contributed by atoms with E-state index in [1.807, 2.05) is 31.2 Å². The summed E-state index contributed by atoms with van der Waals surface area (Å²) >= 11 is 0. The third-order valence-electron chi connectivity index (χ3n) is 4.35. The van der Waals surface area contributed by atoms with Crippen molar-refractivity contribution in [2.24, 2.45) is 0 Å². The van der Waals surface area contributed by atoms with Gasteiger partial charge in [0.2, 0.25) is 5.91 Å². The molecule has 9 heteroatoms. The van der Waals surface area contributed by atoms with Gasteiger partial charge in [0, 0.05) is 6.07 Å². The zero-order chi connectivity index (χ0) is 20.6. The molecule has 0 aliphatic rings. The molecule has 2 N–H and O–H groups in total. The van der Waals surface area contributed by atoms with E-state index >= 15 is 0 Å². The van der Waals surface area contributed by atoms with E-state index in [9.17, 15) is 4.79 Å². The quantitative estimate of drug-likeness (QED) is 0.571. The van der Waals surface area contributed by atoms with Crippen LogP contribution in [0.15, 0.2) is 42.5 Å². The summed E-state index contributed by atoms with van der Waals surface area (Å²) in [4.78, 5) is 13.1. The van der Waals surface area contributed by atoms with Crippen molar-refractivity contribution in [2.75, 3.05) is 26.1 Å². The minimum Gasteiger partial charge on any atom is -0.497 e. The number of tetrazole rings is 1. The van der Waals surface area contributed by atoms with Crippen LogP contribution in [0.5, 0.6) is 17.2 Å². The van der Waals surface area contributed by atoms with E-state index in [0.717, 1.165) is 5.56 Å². The van der Waals surface area contributed by atoms with E-state index in [1.165, 1.54) is 0 Å². The number of amides is 1. The van der Waals surface area contributed by atoms with Crippen LogP contribution in [0.4, 0.5) is 5.69 Å². The Kier molecular flexibility index (Phi) is 6.62. The van der Waals surface area contributed by atoms with E-state index in [4.69, 9.17) is 14.2 Å². The number of aromatic nitrogens is 4. The average molecular weight is 397 g/mol. The highest BCUT2D eigenvalue weighted by atomic mass is 16.5.